The van der Waals surface area contributed by atoms with E-state index in [1.807, 2.05) is 0 Å². The van der Waals surface area contributed by atoms with Crippen LogP contribution in [0.25, 0.3) is 0 Å². The highest BCUT2D eigenvalue weighted by Gasteiger charge is 2.39. The van der Waals surface area contributed by atoms with E-state index in [1.54, 1.807) is 18.2 Å². The first kappa shape index (κ1) is 32.0. The van der Waals surface area contributed by atoms with Crippen LogP contribution in [0.3, 0.4) is 0 Å². The molecule has 18 heteroatoms. The fraction of sp³-hybridized carbons (Fsp3) is 0.318. The van der Waals surface area contributed by atoms with Gasteiger partial charge in [-0.25, -0.2) is 9.59 Å². The zero-order valence-corrected chi connectivity index (χ0v) is 21.0. The fourth-order valence-electron chi connectivity index (χ4n) is 3.21. The second-order valence-corrected chi connectivity index (χ2v) is 8.84. The fourth-order valence-corrected chi connectivity index (χ4v) is 4.20. The van der Waals surface area contributed by atoms with Crippen LogP contribution in [0.4, 0.5) is 32.0 Å². The lowest BCUT2D eigenvalue weighted by molar-refractivity contribution is -0.192. The smallest absolute Gasteiger partial charge is 0.475 e. The van der Waals surface area contributed by atoms with Crippen molar-refractivity contribution in [1.29, 1.82) is 0 Å². The van der Waals surface area contributed by atoms with Crippen LogP contribution < -0.4 is 21.7 Å². The molecule has 0 spiro atoms. The molecule has 0 aliphatic carbocycles. The number of rotatable bonds is 7. The Morgan fingerprint density at radius 1 is 1.15 bits per heavy atom. The Morgan fingerprint density at radius 3 is 2.30 bits per heavy atom. The molecule has 6 N–H and O–H groups in total. The summed E-state index contributed by atoms with van der Waals surface area (Å²) in [5.41, 5.74) is 6.00. The third-order valence-electron chi connectivity index (χ3n) is 5.06. The van der Waals surface area contributed by atoms with Crippen molar-refractivity contribution >= 4 is 46.7 Å². The molecule has 1 aliphatic rings. The Hall–Kier alpha value is -4.19. The van der Waals surface area contributed by atoms with E-state index >= 15 is 0 Å². The lowest BCUT2D eigenvalue weighted by atomic mass is 10.0. The third kappa shape index (κ3) is 8.15. The van der Waals surface area contributed by atoms with E-state index in [0.29, 0.717) is 34.2 Å². The number of hydrogen-bond acceptors (Lipinski definition) is 8. The second-order valence-electron chi connectivity index (χ2n) is 7.79. The summed E-state index contributed by atoms with van der Waals surface area (Å²) in [5, 5.41) is 14.4. The van der Waals surface area contributed by atoms with Crippen molar-refractivity contribution in [2.24, 2.45) is 5.73 Å². The number of fused-ring (bicyclic) bond motifs is 1. The molecule has 1 aliphatic heterocycles. The first-order chi connectivity index (χ1) is 18.5. The summed E-state index contributed by atoms with van der Waals surface area (Å²) in [6, 6.07) is 4.29. The molecule has 3 rings (SSSR count). The minimum atomic E-state index is -5.08. The normalized spacial score (nSPS) is 13.2. The first-order valence-electron chi connectivity index (χ1n) is 10.8. The van der Waals surface area contributed by atoms with Gasteiger partial charge in [0.05, 0.1) is 24.0 Å². The highest BCUT2D eigenvalue weighted by Crippen LogP contribution is 2.37. The van der Waals surface area contributed by atoms with Crippen LogP contribution in [0.1, 0.15) is 36.0 Å². The Labute approximate surface area is 224 Å². The number of carboxylic acids is 1. The van der Waals surface area contributed by atoms with Gasteiger partial charge >= 0.3 is 24.3 Å². The number of aliphatic carboxylic acids is 1. The van der Waals surface area contributed by atoms with Gasteiger partial charge < -0.3 is 31.5 Å². The summed E-state index contributed by atoms with van der Waals surface area (Å²) in [6.45, 7) is -0.424. The van der Waals surface area contributed by atoms with Crippen molar-refractivity contribution in [3.63, 3.8) is 0 Å². The molecule has 0 saturated heterocycles. The predicted molar refractivity (Wildman–Crippen MR) is 125 cm³/mol. The van der Waals surface area contributed by atoms with Gasteiger partial charge in [0.1, 0.15) is 10.9 Å². The van der Waals surface area contributed by atoms with Crippen LogP contribution in [-0.2, 0) is 38.3 Å². The average Bonchev–Trinajstić information content (AvgIpc) is 3.49. The van der Waals surface area contributed by atoms with E-state index in [4.69, 9.17) is 15.6 Å². The van der Waals surface area contributed by atoms with Gasteiger partial charge in [0, 0.05) is 18.8 Å². The summed E-state index contributed by atoms with van der Waals surface area (Å²) >= 11 is 0.332. The topological polar surface area (TPSA) is 177 Å². The summed E-state index contributed by atoms with van der Waals surface area (Å²) in [4.78, 5) is 55.9. The summed E-state index contributed by atoms with van der Waals surface area (Å²) in [7, 11) is 1.04. The number of carbonyl (C=O) groups excluding carboxylic acids is 4. The lowest BCUT2D eigenvalue weighted by Gasteiger charge is -2.14. The molecule has 1 atom stereocenters. The van der Waals surface area contributed by atoms with Gasteiger partial charge in [-0.1, -0.05) is 12.1 Å². The molecule has 1 aromatic heterocycles. The van der Waals surface area contributed by atoms with Gasteiger partial charge in [0.2, 0.25) is 5.91 Å². The average molecular weight is 598 g/mol. The third-order valence-corrected chi connectivity index (χ3v) is 6.19. The summed E-state index contributed by atoms with van der Waals surface area (Å²) < 4.78 is 76.7. The molecule has 11 nitrogen and oxygen atoms in total. The first-order valence-corrected chi connectivity index (χ1v) is 11.6. The molecular formula is C22H20F6N4O7S. The molecule has 40 heavy (non-hydrogen) atoms. The van der Waals surface area contributed by atoms with E-state index in [0.717, 1.165) is 7.11 Å². The number of halogens is 6. The van der Waals surface area contributed by atoms with Gasteiger partial charge in [-0.15, -0.1) is 11.3 Å². The molecule has 0 radical (unpaired) electrons. The number of ether oxygens (including phenoxy) is 1. The summed E-state index contributed by atoms with van der Waals surface area (Å²) in [5.74, 6) is -5.92. The maximum absolute atomic E-state index is 13.5. The van der Waals surface area contributed by atoms with E-state index in [9.17, 15) is 45.5 Å². The maximum Gasteiger partial charge on any atom is 0.490 e. The standard InChI is InChI=1S/C20H19F3N4O5S.C2HF3O2/c1-32-19(31)13(7-24)27-18(30)16-11(20(21,22)23)6-14(33-16)17(29)25-8-9-3-2-4-12-10(9)5-15(28)26-12;3-2(4,5)1(6)7/h2-4,6,13H,5,7-8,24H2,1H3,(H,25,29)(H,26,28)(H,27,30);(H,6,7)/t13-;/m0./s1. The predicted octanol–water partition coefficient (Wildman–Crippen LogP) is 2.05. The molecule has 218 valence electrons. The Morgan fingerprint density at radius 2 is 1.77 bits per heavy atom. The maximum atomic E-state index is 13.5. The van der Waals surface area contributed by atoms with Crippen LogP contribution in [-0.4, -0.2) is 60.6 Å². The van der Waals surface area contributed by atoms with Crippen LogP contribution >= 0.6 is 11.3 Å². The van der Waals surface area contributed by atoms with Gasteiger partial charge in [-0.3, -0.25) is 14.4 Å². The van der Waals surface area contributed by atoms with Gasteiger partial charge in [-0.05, 0) is 23.3 Å². The number of methoxy groups -OCH3 is 1. The number of alkyl halides is 6. The van der Waals surface area contributed by atoms with Crippen molar-refractivity contribution in [3.8, 4) is 0 Å². The van der Waals surface area contributed by atoms with E-state index in [2.05, 4.69) is 20.7 Å². The van der Waals surface area contributed by atoms with Gasteiger partial charge in [0.15, 0.2) is 0 Å². The lowest BCUT2D eigenvalue weighted by Crippen LogP contribution is -2.46. The van der Waals surface area contributed by atoms with Crippen molar-refractivity contribution < 1.29 is 60.2 Å². The van der Waals surface area contributed by atoms with Crippen LogP contribution in [0.2, 0.25) is 0 Å². The molecule has 0 bridgehead atoms. The SMILES string of the molecule is COC(=O)[C@H](CN)NC(=O)c1sc(C(=O)NCc2cccc3c2CC(=O)N3)cc1C(F)(F)F.O=C(O)C(F)(F)F. The number of carbonyl (C=O) groups is 5. The van der Waals surface area contributed by atoms with Crippen molar-refractivity contribution in [2.45, 2.75) is 31.4 Å². The van der Waals surface area contributed by atoms with Gasteiger partial charge in [0.25, 0.3) is 11.8 Å². The zero-order valence-electron chi connectivity index (χ0n) is 20.2. The second kappa shape index (κ2) is 12.8. The molecule has 2 heterocycles. The monoisotopic (exact) mass is 598 g/mol. The quantitative estimate of drug-likeness (QED) is 0.238. The highest BCUT2D eigenvalue weighted by molar-refractivity contribution is 7.16. The zero-order chi connectivity index (χ0) is 30.4. The van der Waals surface area contributed by atoms with Crippen LogP contribution in [0.5, 0.6) is 0 Å². The number of nitrogens with one attached hydrogen (secondary N) is 3. The number of carboxylic acid groups (broad SMARTS) is 1. The van der Waals surface area contributed by atoms with Crippen LogP contribution in [0, 0.1) is 0 Å². The molecular weight excluding hydrogens is 578 g/mol. The van der Waals surface area contributed by atoms with Crippen molar-refractivity contribution in [2.75, 3.05) is 19.0 Å². The summed E-state index contributed by atoms with van der Waals surface area (Å²) in [6.07, 6.45) is -9.87. The molecule has 1 aromatic carbocycles. The largest absolute Gasteiger partial charge is 0.490 e. The molecule has 3 amide bonds. The number of hydrogen-bond donors (Lipinski definition) is 5. The van der Waals surface area contributed by atoms with Crippen molar-refractivity contribution in [3.05, 3.63) is 50.7 Å². The number of anilines is 1. The Kier molecular flexibility index (Phi) is 10.2. The van der Waals surface area contributed by atoms with E-state index < -0.39 is 59.1 Å². The van der Waals surface area contributed by atoms with Gasteiger partial charge in [-0.2, -0.15) is 26.3 Å². The van der Waals surface area contributed by atoms with Crippen molar-refractivity contribution in [1.82, 2.24) is 10.6 Å². The minimum absolute atomic E-state index is 0.0324. The van der Waals surface area contributed by atoms with E-state index in [-0.39, 0.29) is 23.7 Å². The molecule has 0 unspecified atom stereocenters. The number of thiophene rings is 1. The molecule has 0 fully saturated rings. The number of nitrogens with two attached hydrogens (primary N) is 1. The Bertz CT molecular complexity index is 1310. The number of amides is 3. The molecule has 0 saturated carbocycles. The number of benzene rings is 1. The number of esters is 1. The van der Waals surface area contributed by atoms with E-state index in [1.165, 1.54) is 0 Å². The minimum Gasteiger partial charge on any atom is -0.475 e. The Balaban J connectivity index is 0.000000708. The van der Waals surface area contributed by atoms with Crippen LogP contribution in [0.15, 0.2) is 24.3 Å². The molecule has 2 aromatic rings. The highest BCUT2D eigenvalue weighted by atomic mass is 32.1.